The van der Waals surface area contributed by atoms with Gasteiger partial charge in [-0.25, -0.2) is 0 Å². The Bertz CT molecular complexity index is 845. The summed E-state index contributed by atoms with van der Waals surface area (Å²) in [6, 6.07) is 13.1. The first kappa shape index (κ1) is 19.1. The van der Waals surface area contributed by atoms with Crippen molar-refractivity contribution in [1.29, 1.82) is 0 Å². The van der Waals surface area contributed by atoms with E-state index in [2.05, 4.69) is 28.1 Å². The SMILES string of the molecule is Cc1ccccc1C(=O)NC(C(=O)NCc1ccc2c(c1)CNC2)C(C)C. The van der Waals surface area contributed by atoms with E-state index in [1.165, 1.54) is 11.1 Å². The highest BCUT2D eigenvalue weighted by Gasteiger charge is 2.25. The minimum absolute atomic E-state index is 0.0119. The van der Waals surface area contributed by atoms with Crippen LogP contribution in [0.4, 0.5) is 0 Å². The van der Waals surface area contributed by atoms with Crippen LogP contribution in [0, 0.1) is 12.8 Å². The molecule has 1 heterocycles. The molecule has 0 aliphatic carbocycles. The molecule has 5 heteroatoms. The summed E-state index contributed by atoms with van der Waals surface area (Å²) in [4.78, 5) is 25.3. The van der Waals surface area contributed by atoms with Crippen LogP contribution in [0.15, 0.2) is 42.5 Å². The van der Waals surface area contributed by atoms with Gasteiger partial charge in [0.2, 0.25) is 5.91 Å². The van der Waals surface area contributed by atoms with Gasteiger partial charge in [0.1, 0.15) is 6.04 Å². The number of hydrogen-bond acceptors (Lipinski definition) is 3. The van der Waals surface area contributed by atoms with Gasteiger partial charge in [-0.2, -0.15) is 0 Å². The second-order valence-electron chi connectivity index (χ2n) is 7.43. The lowest BCUT2D eigenvalue weighted by molar-refractivity contribution is -0.124. The maximum atomic E-state index is 12.7. The van der Waals surface area contributed by atoms with E-state index in [1.807, 2.05) is 45.0 Å². The van der Waals surface area contributed by atoms with Crippen molar-refractivity contribution in [3.63, 3.8) is 0 Å². The minimum Gasteiger partial charge on any atom is -0.350 e. The second kappa shape index (κ2) is 8.35. The predicted molar refractivity (Wildman–Crippen MR) is 106 cm³/mol. The van der Waals surface area contributed by atoms with Crippen molar-refractivity contribution in [2.75, 3.05) is 0 Å². The van der Waals surface area contributed by atoms with Gasteiger partial charge in [0, 0.05) is 25.2 Å². The van der Waals surface area contributed by atoms with E-state index in [-0.39, 0.29) is 17.7 Å². The summed E-state index contributed by atoms with van der Waals surface area (Å²) >= 11 is 0. The molecule has 0 radical (unpaired) electrons. The van der Waals surface area contributed by atoms with E-state index in [0.29, 0.717) is 12.1 Å². The molecule has 2 amide bonds. The molecule has 142 valence electrons. The van der Waals surface area contributed by atoms with Crippen molar-refractivity contribution in [3.05, 3.63) is 70.3 Å². The number of benzene rings is 2. The molecule has 2 aromatic rings. The van der Waals surface area contributed by atoms with Gasteiger partial charge in [-0.05, 0) is 41.2 Å². The van der Waals surface area contributed by atoms with E-state index in [4.69, 9.17) is 0 Å². The van der Waals surface area contributed by atoms with Gasteiger partial charge in [0.05, 0.1) is 0 Å². The molecular formula is C22H27N3O2. The first-order valence-electron chi connectivity index (χ1n) is 9.41. The molecule has 0 fully saturated rings. The van der Waals surface area contributed by atoms with Gasteiger partial charge in [0.15, 0.2) is 0 Å². The Morgan fingerprint density at radius 1 is 1.07 bits per heavy atom. The van der Waals surface area contributed by atoms with Crippen molar-refractivity contribution in [2.45, 2.75) is 46.4 Å². The molecule has 0 saturated carbocycles. The third-order valence-electron chi connectivity index (χ3n) is 4.99. The molecule has 1 aliphatic rings. The molecule has 5 nitrogen and oxygen atoms in total. The minimum atomic E-state index is -0.576. The monoisotopic (exact) mass is 365 g/mol. The van der Waals surface area contributed by atoms with Crippen LogP contribution in [0.25, 0.3) is 0 Å². The summed E-state index contributed by atoms with van der Waals surface area (Å²) in [6.07, 6.45) is 0. The van der Waals surface area contributed by atoms with Crippen LogP contribution in [0.1, 0.15) is 46.5 Å². The van der Waals surface area contributed by atoms with Gasteiger partial charge >= 0.3 is 0 Å². The summed E-state index contributed by atoms with van der Waals surface area (Å²) in [6.45, 7) is 7.99. The molecule has 3 rings (SSSR count). The fourth-order valence-electron chi connectivity index (χ4n) is 3.34. The average molecular weight is 365 g/mol. The molecule has 0 bridgehead atoms. The van der Waals surface area contributed by atoms with Gasteiger partial charge in [-0.3, -0.25) is 9.59 Å². The smallest absolute Gasteiger partial charge is 0.252 e. The highest BCUT2D eigenvalue weighted by atomic mass is 16.2. The summed E-state index contributed by atoms with van der Waals surface area (Å²) < 4.78 is 0. The highest BCUT2D eigenvalue weighted by molar-refractivity contribution is 5.98. The van der Waals surface area contributed by atoms with Crippen molar-refractivity contribution < 1.29 is 9.59 Å². The molecule has 1 unspecified atom stereocenters. The van der Waals surface area contributed by atoms with Crippen LogP contribution in [-0.4, -0.2) is 17.9 Å². The van der Waals surface area contributed by atoms with Gasteiger partial charge in [-0.1, -0.05) is 50.2 Å². The van der Waals surface area contributed by atoms with Crippen LogP contribution in [0.5, 0.6) is 0 Å². The number of nitrogens with one attached hydrogen (secondary N) is 3. The van der Waals surface area contributed by atoms with E-state index in [1.54, 1.807) is 6.07 Å². The normalized spacial score (nSPS) is 13.9. The molecule has 3 N–H and O–H groups in total. The predicted octanol–water partition coefficient (Wildman–Crippen LogP) is 2.67. The van der Waals surface area contributed by atoms with Crippen LogP contribution in [0.2, 0.25) is 0 Å². The number of hydrogen-bond donors (Lipinski definition) is 3. The lowest BCUT2D eigenvalue weighted by Gasteiger charge is -2.22. The topological polar surface area (TPSA) is 70.2 Å². The Morgan fingerprint density at radius 2 is 1.81 bits per heavy atom. The Kier molecular flexibility index (Phi) is 5.91. The van der Waals surface area contributed by atoms with Crippen molar-refractivity contribution in [3.8, 4) is 0 Å². The van der Waals surface area contributed by atoms with E-state index in [9.17, 15) is 9.59 Å². The number of rotatable bonds is 6. The summed E-state index contributed by atoms with van der Waals surface area (Å²) in [5, 5.41) is 9.18. The Morgan fingerprint density at radius 3 is 2.56 bits per heavy atom. The van der Waals surface area contributed by atoms with Gasteiger partial charge < -0.3 is 16.0 Å². The van der Waals surface area contributed by atoms with E-state index in [0.717, 1.165) is 24.2 Å². The maximum absolute atomic E-state index is 12.7. The van der Waals surface area contributed by atoms with Crippen LogP contribution in [-0.2, 0) is 24.4 Å². The average Bonchev–Trinajstić information content (AvgIpc) is 3.12. The van der Waals surface area contributed by atoms with Crippen LogP contribution >= 0.6 is 0 Å². The third kappa shape index (κ3) is 4.55. The lowest BCUT2D eigenvalue weighted by atomic mass is 10.0. The largest absolute Gasteiger partial charge is 0.350 e. The van der Waals surface area contributed by atoms with Gasteiger partial charge in [0.25, 0.3) is 5.91 Å². The zero-order chi connectivity index (χ0) is 19.4. The first-order chi connectivity index (χ1) is 13.0. The third-order valence-corrected chi connectivity index (χ3v) is 4.99. The summed E-state index contributed by atoms with van der Waals surface area (Å²) in [5.41, 5.74) is 5.16. The molecule has 1 aliphatic heterocycles. The fourth-order valence-corrected chi connectivity index (χ4v) is 3.34. The highest BCUT2D eigenvalue weighted by Crippen LogP contribution is 2.17. The Hall–Kier alpha value is -2.66. The van der Waals surface area contributed by atoms with Crippen molar-refractivity contribution in [2.24, 2.45) is 5.92 Å². The maximum Gasteiger partial charge on any atom is 0.252 e. The first-order valence-corrected chi connectivity index (χ1v) is 9.41. The molecule has 0 aromatic heterocycles. The summed E-state index contributed by atoms with van der Waals surface area (Å²) in [7, 11) is 0. The van der Waals surface area contributed by atoms with E-state index >= 15 is 0 Å². The number of aryl methyl sites for hydroxylation is 1. The van der Waals surface area contributed by atoms with Gasteiger partial charge in [-0.15, -0.1) is 0 Å². The quantitative estimate of drug-likeness (QED) is 0.737. The standard InChI is InChI=1S/C22H27N3O2/c1-14(2)20(25-21(26)19-7-5-4-6-15(19)3)22(27)24-11-16-8-9-17-12-23-13-18(17)10-16/h4-10,14,20,23H,11-13H2,1-3H3,(H,24,27)(H,25,26). The molecular weight excluding hydrogens is 338 g/mol. The second-order valence-corrected chi connectivity index (χ2v) is 7.43. The van der Waals surface area contributed by atoms with Crippen molar-refractivity contribution >= 4 is 11.8 Å². The van der Waals surface area contributed by atoms with Crippen molar-refractivity contribution in [1.82, 2.24) is 16.0 Å². The molecule has 27 heavy (non-hydrogen) atoms. The molecule has 1 atom stereocenters. The number of carbonyl (C=O) groups excluding carboxylic acids is 2. The van der Waals surface area contributed by atoms with Crippen LogP contribution < -0.4 is 16.0 Å². The summed E-state index contributed by atoms with van der Waals surface area (Å²) in [5.74, 6) is -0.390. The van der Waals surface area contributed by atoms with E-state index < -0.39 is 6.04 Å². The number of amides is 2. The zero-order valence-corrected chi connectivity index (χ0v) is 16.1. The number of carbonyl (C=O) groups is 2. The Balaban J connectivity index is 1.63. The zero-order valence-electron chi connectivity index (χ0n) is 16.1. The Labute approximate surface area is 160 Å². The molecule has 0 saturated heterocycles. The van der Waals surface area contributed by atoms with Crippen LogP contribution in [0.3, 0.4) is 0 Å². The fraction of sp³-hybridized carbons (Fsp3) is 0.364. The molecule has 2 aromatic carbocycles. The molecule has 0 spiro atoms. The lowest BCUT2D eigenvalue weighted by Crippen LogP contribution is -2.49. The number of fused-ring (bicyclic) bond motifs is 1.